The van der Waals surface area contributed by atoms with E-state index in [1.165, 1.54) is 29.1 Å². The van der Waals surface area contributed by atoms with E-state index in [4.69, 9.17) is 4.74 Å². The number of carbonyl (C=O) groups excluding carboxylic acids is 1. The van der Waals surface area contributed by atoms with Gasteiger partial charge in [0.15, 0.2) is 0 Å². The number of hydrogen-bond donors (Lipinski definition) is 0. The molecule has 15 heavy (non-hydrogen) atoms. The second-order valence-electron chi connectivity index (χ2n) is 3.01. The summed E-state index contributed by atoms with van der Waals surface area (Å²) in [7, 11) is 0. The van der Waals surface area contributed by atoms with Crippen LogP contribution in [-0.2, 0) is 9.53 Å². The van der Waals surface area contributed by atoms with E-state index in [0.29, 0.717) is 6.61 Å². The van der Waals surface area contributed by atoms with Crippen molar-refractivity contribution in [2.45, 2.75) is 5.25 Å². The van der Waals surface area contributed by atoms with Crippen LogP contribution in [0.2, 0.25) is 0 Å². The fourth-order valence-electron chi connectivity index (χ4n) is 1.11. The van der Waals surface area contributed by atoms with E-state index in [-0.39, 0.29) is 5.97 Å². The molecule has 2 nitrogen and oxygen atoms in total. The van der Waals surface area contributed by atoms with Gasteiger partial charge in [-0.2, -0.15) is 35.3 Å². The minimum Gasteiger partial charge on any atom is -0.462 e. The Morgan fingerprint density at radius 2 is 2.47 bits per heavy atom. The van der Waals surface area contributed by atoms with Gasteiger partial charge in [0, 0.05) is 40.1 Å². The average Bonchev–Trinajstić information content (AvgIpc) is 2.29. The van der Waals surface area contributed by atoms with Gasteiger partial charge in [-0.1, -0.05) is 6.58 Å². The Balaban J connectivity index is 1.91. The Bertz CT molecular complexity index is 203. The van der Waals surface area contributed by atoms with Gasteiger partial charge in [0.2, 0.25) is 0 Å². The molecule has 5 heteroatoms. The van der Waals surface area contributed by atoms with E-state index < -0.39 is 0 Å². The Morgan fingerprint density at radius 3 is 3.13 bits per heavy atom. The molecule has 0 bridgehead atoms. The quantitative estimate of drug-likeness (QED) is 0.417. The molecule has 1 unspecified atom stereocenters. The van der Waals surface area contributed by atoms with Crippen LogP contribution in [0.25, 0.3) is 0 Å². The molecule has 0 spiro atoms. The smallest absolute Gasteiger partial charge is 0.330 e. The van der Waals surface area contributed by atoms with Crippen LogP contribution < -0.4 is 0 Å². The highest BCUT2D eigenvalue weighted by molar-refractivity contribution is 8.07. The molecule has 0 aromatic rings. The summed E-state index contributed by atoms with van der Waals surface area (Å²) >= 11 is 5.98. The molecular weight excluding hydrogens is 248 g/mol. The van der Waals surface area contributed by atoms with Gasteiger partial charge in [-0.3, -0.25) is 0 Å². The Hall–Kier alpha value is 0.260. The highest BCUT2D eigenvalue weighted by Crippen LogP contribution is 2.26. The first-order valence-corrected chi connectivity index (χ1v) is 8.25. The molecule has 1 saturated heterocycles. The number of rotatable bonds is 6. The second kappa shape index (κ2) is 8.42. The number of thioether (sulfide) groups is 3. The fourth-order valence-corrected chi connectivity index (χ4v) is 5.09. The van der Waals surface area contributed by atoms with Gasteiger partial charge in [-0.15, -0.1) is 0 Å². The average molecular weight is 264 g/mol. The van der Waals surface area contributed by atoms with Crippen molar-refractivity contribution in [1.29, 1.82) is 0 Å². The lowest BCUT2D eigenvalue weighted by Crippen LogP contribution is -2.17. The minimum atomic E-state index is -0.321. The third kappa shape index (κ3) is 6.43. The van der Waals surface area contributed by atoms with Gasteiger partial charge in [-0.05, 0) is 0 Å². The van der Waals surface area contributed by atoms with Gasteiger partial charge in [-0.25, -0.2) is 4.79 Å². The molecule has 0 aromatic carbocycles. The van der Waals surface area contributed by atoms with Gasteiger partial charge in [0.05, 0.1) is 0 Å². The van der Waals surface area contributed by atoms with E-state index in [2.05, 4.69) is 18.3 Å². The summed E-state index contributed by atoms with van der Waals surface area (Å²) in [4.78, 5) is 10.7. The molecule has 1 aliphatic rings. The summed E-state index contributed by atoms with van der Waals surface area (Å²) in [5.74, 6) is 5.58. The fraction of sp³-hybridized carbons (Fsp3) is 0.700. The first-order chi connectivity index (χ1) is 7.33. The van der Waals surface area contributed by atoms with Crippen molar-refractivity contribution in [1.82, 2.24) is 0 Å². The van der Waals surface area contributed by atoms with E-state index >= 15 is 0 Å². The molecule has 1 aliphatic heterocycles. The first kappa shape index (κ1) is 13.3. The van der Waals surface area contributed by atoms with Crippen LogP contribution in [0.5, 0.6) is 0 Å². The lowest BCUT2D eigenvalue weighted by Gasteiger charge is -2.20. The van der Waals surface area contributed by atoms with Crippen molar-refractivity contribution in [3.63, 3.8) is 0 Å². The molecule has 0 amide bonds. The molecule has 1 heterocycles. The Labute approximate surface area is 104 Å². The largest absolute Gasteiger partial charge is 0.462 e. The predicted octanol–water partition coefficient (Wildman–Crippen LogP) is 2.30. The molecule has 1 fully saturated rings. The maximum atomic E-state index is 10.7. The van der Waals surface area contributed by atoms with Crippen molar-refractivity contribution in [2.75, 3.05) is 35.4 Å². The highest BCUT2D eigenvalue weighted by atomic mass is 32.2. The Kier molecular flexibility index (Phi) is 7.48. The summed E-state index contributed by atoms with van der Waals surface area (Å²) in [6.45, 7) is 3.85. The molecule has 1 rings (SSSR count). The van der Waals surface area contributed by atoms with Crippen molar-refractivity contribution in [3.05, 3.63) is 12.7 Å². The molecule has 0 radical (unpaired) electrons. The summed E-state index contributed by atoms with van der Waals surface area (Å²) < 4.78 is 4.89. The number of carbonyl (C=O) groups is 1. The topological polar surface area (TPSA) is 26.3 Å². The van der Waals surface area contributed by atoms with Gasteiger partial charge < -0.3 is 4.74 Å². The molecule has 0 saturated carbocycles. The van der Waals surface area contributed by atoms with Crippen LogP contribution >= 0.6 is 35.3 Å². The van der Waals surface area contributed by atoms with Crippen LogP contribution in [-0.4, -0.2) is 46.6 Å². The summed E-state index contributed by atoms with van der Waals surface area (Å²) in [5.41, 5.74) is 0. The standard InChI is InChI=1S/C10H16O2S3/c1-2-10(11)12-3-4-13-7-9-8-14-5-6-15-9/h2,9H,1,3-8H2. The van der Waals surface area contributed by atoms with Gasteiger partial charge in [0.25, 0.3) is 0 Å². The third-order valence-corrected chi connectivity index (χ3v) is 5.98. The first-order valence-electron chi connectivity index (χ1n) is 4.89. The van der Waals surface area contributed by atoms with E-state index in [9.17, 15) is 4.79 Å². The molecule has 1 atom stereocenters. The van der Waals surface area contributed by atoms with E-state index in [0.717, 1.165) is 11.0 Å². The number of ether oxygens (including phenoxy) is 1. The zero-order chi connectivity index (χ0) is 10.9. The molecular formula is C10H16O2S3. The van der Waals surface area contributed by atoms with Gasteiger partial charge >= 0.3 is 5.97 Å². The zero-order valence-corrected chi connectivity index (χ0v) is 11.1. The molecule has 0 N–H and O–H groups in total. The zero-order valence-electron chi connectivity index (χ0n) is 8.65. The lowest BCUT2D eigenvalue weighted by atomic mass is 10.5. The summed E-state index contributed by atoms with van der Waals surface area (Å²) in [6, 6.07) is 0. The maximum absolute atomic E-state index is 10.7. The maximum Gasteiger partial charge on any atom is 0.330 e. The lowest BCUT2D eigenvalue weighted by molar-refractivity contribution is -0.137. The highest BCUT2D eigenvalue weighted by Gasteiger charge is 2.13. The SMILES string of the molecule is C=CC(=O)OCCSCC1CSCCS1. The van der Waals surface area contributed by atoms with Crippen molar-refractivity contribution in [2.24, 2.45) is 0 Å². The Morgan fingerprint density at radius 1 is 1.60 bits per heavy atom. The van der Waals surface area contributed by atoms with Crippen LogP contribution in [0.1, 0.15) is 0 Å². The van der Waals surface area contributed by atoms with E-state index in [1.54, 1.807) is 0 Å². The van der Waals surface area contributed by atoms with Crippen molar-refractivity contribution < 1.29 is 9.53 Å². The second-order valence-corrected chi connectivity index (χ2v) is 6.72. The van der Waals surface area contributed by atoms with E-state index in [1.807, 2.05) is 23.5 Å². The van der Waals surface area contributed by atoms with Gasteiger partial charge in [0.1, 0.15) is 6.61 Å². The van der Waals surface area contributed by atoms with Crippen LogP contribution in [0.3, 0.4) is 0 Å². The normalized spacial score (nSPS) is 20.9. The molecule has 86 valence electrons. The molecule has 0 aliphatic carbocycles. The third-order valence-electron chi connectivity index (χ3n) is 1.83. The minimum absolute atomic E-state index is 0.321. The van der Waals surface area contributed by atoms with Crippen molar-refractivity contribution >= 4 is 41.3 Å². The monoisotopic (exact) mass is 264 g/mol. The van der Waals surface area contributed by atoms with Crippen molar-refractivity contribution in [3.8, 4) is 0 Å². The molecule has 0 aromatic heterocycles. The predicted molar refractivity (Wildman–Crippen MR) is 72.1 cm³/mol. The summed E-state index contributed by atoms with van der Waals surface area (Å²) in [5, 5.41) is 0.781. The van der Waals surface area contributed by atoms with Crippen LogP contribution in [0.15, 0.2) is 12.7 Å². The van der Waals surface area contributed by atoms with Crippen LogP contribution in [0, 0.1) is 0 Å². The number of esters is 1. The summed E-state index contributed by atoms with van der Waals surface area (Å²) in [6.07, 6.45) is 1.21. The van der Waals surface area contributed by atoms with Crippen LogP contribution in [0.4, 0.5) is 0 Å². The number of hydrogen-bond acceptors (Lipinski definition) is 5.